The van der Waals surface area contributed by atoms with Crippen molar-refractivity contribution in [3.63, 3.8) is 0 Å². The maximum atomic E-state index is 11.5. The third-order valence-corrected chi connectivity index (χ3v) is 2.79. The monoisotopic (exact) mass is 282 g/mol. The van der Waals surface area contributed by atoms with E-state index in [2.05, 4.69) is 10.6 Å². The highest BCUT2D eigenvalue weighted by atomic mass is 35.5. The summed E-state index contributed by atoms with van der Waals surface area (Å²) in [5, 5.41) is 4.83. The molecule has 1 atom stereocenters. The van der Waals surface area contributed by atoms with Gasteiger partial charge in [-0.1, -0.05) is 30.3 Å². The Hall–Kier alpha value is -1.55. The fourth-order valence-corrected chi connectivity index (χ4v) is 1.60. The lowest BCUT2D eigenvalue weighted by Gasteiger charge is -2.08. The van der Waals surface area contributed by atoms with Gasteiger partial charge in [0.15, 0.2) is 0 Å². The van der Waals surface area contributed by atoms with Gasteiger partial charge in [0.05, 0.1) is 0 Å². The van der Waals surface area contributed by atoms with Crippen LogP contribution in [0.3, 0.4) is 0 Å². The molecule has 1 aromatic carbocycles. The number of nitrogens with one attached hydrogen (secondary N) is 2. The molecule has 0 spiro atoms. The number of rotatable bonds is 7. The number of hydrogen-bond acceptors (Lipinski definition) is 2. The lowest BCUT2D eigenvalue weighted by atomic mass is 10.1. The minimum absolute atomic E-state index is 0.0166. The van der Waals surface area contributed by atoms with E-state index in [-0.39, 0.29) is 11.8 Å². The van der Waals surface area contributed by atoms with Crippen LogP contribution >= 0.6 is 11.6 Å². The first-order chi connectivity index (χ1) is 9.09. The van der Waals surface area contributed by atoms with Crippen LogP contribution in [-0.4, -0.2) is 30.3 Å². The summed E-state index contributed by atoms with van der Waals surface area (Å²) in [5.74, 6) is -0.239. The normalized spacial score (nSPS) is 11.7. The van der Waals surface area contributed by atoms with E-state index in [0.717, 1.165) is 12.0 Å². The van der Waals surface area contributed by atoms with Gasteiger partial charge < -0.3 is 10.6 Å². The lowest BCUT2D eigenvalue weighted by Crippen LogP contribution is -2.37. The summed E-state index contributed by atoms with van der Waals surface area (Å²) in [4.78, 5) is 22.7. The van der Waals surface area contributed by atoms with Gasteiger partial charge in [-0.25, -0.2) is 0 Å². The summed E-state index contributed by atoms with van der Waals surface area (Å²) < 4.78 is 0. The van der Waals surface area contributed by atoms with E-state index in [9.17, 15) is 9.59 Å². The molecule has 19 heavy (non-hydrogen) atoms. The van der Waals surface area contributed by atoms with E-state index in [1.165, 1.54) is 0 Å². The van der Waals surface area contributed by atoms with Crippen LogP contribution in [0.5, 0.6) is 0 Å². The first kappa shape index (κ1) is 15.5. The Bertz CT molecular complexity index is 407. The van der Waals surface area contributed by atoms with Gasteiger partial charge in [-0.15, -0.1) is 11.6 Å². The van der Waals surface area contributed by atoms with Crippen molar-refractivity contribution in [2.24, 2.45) is 0 Å². The number of carbonyl (C=O) groups is 2. The van der Waals surface area contributed by atoms with Crippen molar-refractivity contribution >= 4 is 23.4 Å². The van der Waals surface area contributed by atoms with E-state index in [1.54, 1.807) is 6.92 Å². The van der Waals surface area contributed by atoms with Gasteiger partial charge in [0, 0.05) is 19.5 Å². The molecule has 104 valence electrons. The van der Waals surface area contributed by atoms with Gasteiger partial charge in [0.2, 0.25) is 11.8 Å². The number of hydrogen-bond donors (Lipinski definition) is 2. The molecule has 1 rings (SSSR count). The molecular weight excluding hydrogens is 264 g/mol. The van der Waals surface area contributed by atoms with E-state index in [0.29, 0.717) is 19.5 Å². The van der Waals surface area contributed by atoms with E-state index < -0.39 is 5.38 Å². The molecular formula is C14H19ClN2O2. The van der Waals surface area contributed by atoms with Crippen LogP contribution in [0.2, 0.25) is 0 Å². The van der Waals surface area contributed by atoms with Gasteiger partial charge in [-0.2, -0.15) is 0 Å². The number of amides is 2. The average Bonchev–Trinajstić information content (AvgIpc) is 2.42. The number of aryl methyl sites for hydroxylation is 1. The molecule has 2 amide bonds. The fourth-order valence-electron chi connectivity index (χ4n) is 1.52. The zero-order valence-corrected chi connectivity index (χ0v) is 11.7. The Morgan fingerprint density at radius 3 is 2.42 bits per heavy atom. The summed E-state index contributed by atoms with van der Waals surface area (Å²) >= 11 is 5.59. The highest BCUT2D eigenvalue weighted by Crippen LogP contribution is 2.01. The van der Waals surface area contributed by atoms with E-state index in [1.807, 2.05) is 30.3 Å². The zero-order valence-electron chi connectivity index (χ0n) is 11.0. The predicted molar refractivity (Wildman–Crippen MR) is 76.1 cm³/mol. The molecule has 4 nitrogen and oxygen atoms in total. The summed E-state index contributed by atoms with van der Waals surface area (Å²) in [6.07, 6.45) is 1.17. The minimum atomic E-state index is -0.547. The predicted octanol–water partition coefficient (Wildman–Crippen LogP) is 1.48. The second-order valence-electron chi connectivity index (χ2n) is 4.24. The summed E-state index contributed by atoms with van der Waals surface area (Å²) in [6, 6.07) is 9.85. The van der Waals surface area contributed by atoms with Gasteiger partial charge >= 0.3 is 0 Å². The molecule has 0 radical (unpaired) electrons. The van der Waals surface area contributed by atoms with Gasteiger partial charge in [0.25, 0.3) is 0 Å². The highest BCUT2D eigenvalue weighted by Gasteiger charge is 2.07. The quantitative estimate of drug-likeness (QED) is 0.588. The highest BCUT2D eigenvalue weighted by molar-refractivity contribution is 6.30. The van der Waals surface area contributed by atoms with E-state index >= 15 is 0 Å². The number of benzene rings is 1. The van der Waals surface area contributed by atoms with Crippen LogP contribution in [-0.2, 0) is 16.0 Å². The van der Waals surface area contributed by atoms with Gasteiger partial charge in [0.1, 0.15) is 5.38 Å². The molecule has 0 saturated heterocycles. The smallest absolute Gasteiger partial charge is 0.237 e. The third-order valence-electron chi connectivity index (χ3n) is 2.59. The Balaban J connectivity index is 2.10. The molecule has 2 N–H and O–H groups in total. The van der Waals surface area contributed by atoms with Crippen molar-refractivity contribution in [1.29, 1.82) is 0 Å². The SMILES string of the molecule is CC(Cl)C(=O)NCCNC(=O)CCc1ccccc1. The zero-order chi connectivity index (χ0) is 14.1. The van der Waals surface area contributed by atoms with Crippen LogP contribution in [0.15, 0.2) is 30.3 Å². The Labute approximate surface area is 118 Å². The molecule has 0 bridgehead atoms. The van der Waals surface area contributed by atoms with Crippen molar-refractivity contribution in [1.82, 2.24) is 10.6 Å². The molecule has 0 aromatic heterocycles. The summed E-state index contributed by atoms with van der Waals surface area (Å²) in [6.45, 7) is 2.42. The van der Waals surface area contributed by atoms with E-state index in [4.69, 9.17) is 11.6 Å². The third kappa shape index (κ3) is 6.82. The molecule has 0 saturated carbocycles. The molecule has 0 fully saturated rings. The van der Waals surface area contributed by atoms with Crippen molar-refractivity contribution < 1.29 is 9.59 Å². The molecule has 0 aliphatic carbocycles. The van der Waals surface area contributed by atoms with Crippen LogP contribution < -0.4 is 10.6 Å². The lowest BCUT2D eigenvalue weighted by molar-refractivity contribution is -0.122. The number of halogens is 1. The largest absolute Gasteiger partial charge is 0.354 e. The molecule has 1 unspecified atom stereocenters. The van der Waals surface area contributed by atoms with Crippen molar-refractivity contribution in [2.45, 2.75) is 25.1 Å². The second kappa shape index (κ2) is 8.53. The topological polar surface area (TPSA) is 58.2 Å². The Morgan fingerprint density at radius 2 is 1.79 bits per heavy atom. The second-order valence-corrected chi connectivity index (χ2v) is 4.90. The molecule has 5 heteroatoms. The maximum absolute atomic E-state index is 11.5. The number of alkyl halides is 1. The van der Waals surface area contributed by atoms with Crippen molar-refractivity contribution in [3.05, 3.63) is 35.9 Å². The average molecular weight is 283 g/mol. The Morgan fingerprint density at radius 1 is 1.16 bits per heavy atom. The van der Waals surface area contributed by atoms with Gasteiger partial charge in [-0.05, 0) is 18.9 Å². The first-order valence-electron chi connectivity index (χ1n) is 6.32. The van der Waals surface area contributed by atoms with Crippen LogP contribution in [0.4, 0.5) is 0 Å². The van der Waals surface area contributed by atoms with Crippen molar-refractivity contribution in [3.8, 4) is 0 Å². The minimum Gasteiger partial charge on any atom is -0.354 e. The van der Waals surface area contributed by atoms with Crippen LogP contribution in [0.25, 0.3) is 0 Å². The first-order valence-corrected chi connectivity index (χ1v) is 6.75. The molecule has 1 aromatic rings. The number of carbonyl (C=O) groups excluding carboxylic acids is 2. The summed E-state index contributed by atoms with van der Waals surface area (Å²) in [5.41, 5.74) is 1.14. The molecule has 0 heterocycles. The standard InChI is InChI=1S/C14H19ClN2O2/c1-11(15)14(19)17-10-9-16-13(18)8-7-12-5-3-2-4-6-12/h2-6,11H,7-10H2,1H3,(H,16,18)(H,17,19). The molecule has 0 aliphatic rings. The molecule has 0 aliphatic heterocycles. The van der Waals surface area contributed by atoms with Gasteiger partial charge in [-0.3, -0.25) is 9.59 Å². The van der Waals surface area contributed by atoms with Crippen LogP contribution in [0.1, 0.15) is 18.9 Å². The maximum Gasteiger partial charge on any atom is 0.237 e. The Kier molecular flexibility index (Phi) is 6.97. The summed E-state index contributed by atoms with van der Waals surface area (Å²) in [7, 11) is 0. The van der Waals surface area contributed by atoms with Crippen molar-refractivity contribution in [2.75, 3.05) is 13.1 Å². The fraction of sp³-hybridized carbons (Fsp3) is 0.429. The van der Waals surface area contributed by atoms with Crippen LogP contribution in [0, 0.1) is 0 Å².